The summed E-state index contributed by atoms with van der Waals surface area (Å²) >= 11 is 1.57. The fraction of sp³-hybridized carbons (Fsp3) is 0.182. The van der Waals surface area contributed by atoms with Crippen LogP contribution < -0.4 is 11.3 Å². The molecule has 0 bridgehead atoms. The Kier molecular flexibility index (Phi) is 3.28. The maximum atomic E-state index is 12.8. The third-order valence-electron chi connectivity index (χ3n) is 2.30. The molecular weight excluding hydrogens is 225 g/mol. The second kappa shape index (κ2) is 4.69. The lowest BCUT2D eigenvalue weighted by atomic mass is 10.1. The van der Waals surface area contributed by atoms with Gasteiger partial charge in [0.2, 0.25) is 0 Å². The Balaban J connectivity index is 2.32. The molecule has 0 saturated carbocycles. The molecule has 0 aliphatic carbocycles. The van der Waals surface area contributed by atoms with E-state index in [9.17, 15) is 4.39 Å². The Morgan fingerprint density at radius 1 is 1.38 bits per heavy atom. The van der Waals surface area contributed by atoms with E-state index in [2.05, 4.69) is 10.4 Å². The molecule has 1 unspecified atom stereocenters. The Morgan fingerprint density at radius 3 is 2.56 bits per heavy atom. The van der Waals surface area contributed by atoms with Gasteiger partial charge in [-0.2, -0.15) is 0 Å². The first-order valence-corrected chi connectivity index (χ1v) is 5.72. The Morgan fingerprint density at radius 2 is 2.06 bits per heavy atom. The monoisotopic (exact) mass is 237 g/mol. The first-order valence-electron chi connectivity index (χ1n) is 4.84. The predicted octanol–water partition coefficient (Wildman–Crippen LogP) is 2.14. The molecule has 2 rings (SSSR count). The fourth-order valence-electron chi connectivity index (χ4n) is 1.52. The van der Waals surface area contributed by atoms with Gasteiger partial charge in [0.1, 0.15) is 5.82 Å². The SMILES string of the molecule is Cc1nc(C(NN)c2ccc(F)cc2)cs1. The van der Waals surface area contributed by atoms with Crippen molar-refractivity contribution in [1.29, 1.82) is 0 Å². The molecule has 0 spiro atoms. The molecule has 3 nitrogen and oxygen atoms in total. The summed E-state index contributed by atoms with van der Waals surface area (Å²) in [6.45, 7) is 1.94. The van der Waals surface area contributed by atoms with Crippen molar-refractivity contribution in [2.45, 2.75) is 13.0 Å². The van der Waals surface area contributed by atoms with Gasteiger partial charge >= 0.3 is 0 Å². The summed E-state index contributed by atoms with van der Waals surface area (Å²) in [7, 11) is 0. The highest BCUT2D eigenvalue weighted by Gasteiger charge is 2.14. The smallest absolute Gasteiger partial charge is 0.123 e. The van der Waals surface area contributed by atoms with Crippen LogP contribution in [0.4, 0.5) is 4.39 Å². The van der Waals surface area contributed by atoms with E-state index in [1.165, 1.54) is 12.1 Å². The predicted molar refractivity (Wildman–Crippen MR) is 62.4 cm³/mol. The number of nitrogens with two attached hydrogens (primary N) is 1. The van der Waals surface area contributed by atoms with Gasteiger partial charge in [-0.25, -0.2) is 14.8 Å². The summed E-state index contributed by atoms with van der Waals surface area (Å²) in [5.41, 5.74) is 4.44. The van der Waals surface area contributed by atoms with Crippen molar-refractivity contribution in [3.8, 4) is 0 Å². The number of halogens is 1. The van der Waals surface area contributed by atoms with Crippen molar-refractivity contribution in [3.63, 3.8) is 0 Å². The maximum Gasteiger partial charge on any atom is 0.123 e. The topological polar surface area (TPSA) is 50.9 Å². The summed E-state index contributed by atoms with van der Waals surface area (Å²) in [6.07, 6.45) is 0. The van der Waals surface area contributed by atoms with E-state index in [1.807, 2.05) is 12.3 Å². The Labute approximate surface area is 97.1 Å². The second-order valence-corrected chi connectivity index (χ2v) is 4.50. The molecule has 1 atom stereocenters. The average Bonchev–Trinajstić information content (AvgIpc) is 2.69. The molecule has 16 heavy (non-hydrogen) atoms. The van der Waals surface area contributed by atoms with E-state index in [-0.39, 0.29) is 11.9 Å². The van der Waals surface area contributed by atoms with Gasteiger partial charge in [-0.15, -0.1) is 11.3 Å². The van der Waals surface area contributed by atoms with Crippen molar-refractivity contribution in [3.05, 3.63) is 51.7 Å². The van der Waals surface area contributed by atoms with Gasteiger partial charge in [-0.05, 0) is 24.6 Å². The molecule has 3 N–H and O–H groups in total. The number of nitrogens with one attached hydrogen (secondary N) is 1. The summed E-state index contributed by atoms with van der Waals surface area (Å²) in [5, 5.41) is 2.93. The summed E-state index contributed by atoms with van der Waals surface area (Å²) in [4.78, 5) is 4.36. The van der Waals surface area contributed by atoms with Crippen molar-refractivity contribution in [2.24, 2.45) is 5.84 Å². The molecule has 0 amide bonds. The zero-order chi connectivity index (χ0) is 11.5. The standard InChI is InChI=1S/C11H12FN3S/c1-7-14-10(6-16-7)11(15-13)8-2-4-9(12)5-3-8/h2-6,11,15H,13H2,1H3. The molecule has 0 aliphatic heterocycles. The minimum Gasteiger partial charge on any atom is -0.271 e. The Bertz CT molecular complexity index is 466. The van der Waals surface area contributed by atoms with E-state index in [4.69, 9.17) is 5.84 Å². The van der Waals surface area contributed by atoms with Crippen LogP contribution in [0.3, 0.4) is 0 Å². The minimum absolute atomic E-state index is 0.189. The van der Waals surface area contributed by atoms with Crippen LogP contribution >= 0.6 is 11.3 Å². The minimum atomic E-state index is -0.256. The van der Waals surface area contributed by atoms with E-state index >= 15 is 0 Å². The van der Waals surface area contributed by atoms with Crippen LogP contribution in [0, 0.1) is 12.7 Å². The van der Waals surface area contributed by atoms with Gasteiger partial charge in [0, 0.05) is 5.38 Å². The van der Waals surface area contributed by atoms with Crippen LogP contribution in [0.2, 0.25) is 0 Å². The average molecular weight is 237 g/mol. The van der Waals surface area contributed by atoms with Crippen LogP contribution in [-0.2, 0) is 0 Å². The molecule has 1 aromatic heterocycles. The van der Waals surface area contributed by atoms with E-state index in [0.717, 1.165) is 16.3 Å². The number of hydrogen-bond donors (Lipinski definition) is 2. The number of aromatic nitrogens is 1. The molecule has 2 aromatic rings. The van der Waals surface area contributed by atoms with Crippen LogP contribution in [0.15, 0.2) is 29.6 Å². The fourth-order valence-corrected chi connectivity index (χ4v) is 2.16. The maximum absolute atomic E-state index is 12.8. The largest absolute Gasteiger partial charge is 0.271 e. The van der Waals surface area contributed by atoms with E-state index in [0.29, 0.717) is 0 Å². The number of nitrogens with zero attached hydrogens (tertiary/aromatic N) is 1. The van der Waals surface area contributed by atoms with Crippen molar-refractivity contribution in [1.82, 2.24) is 10.4 Å². The third-order valence-corrected chi connectivity index (χ3v) is 3.09. The van der Waals surface area contributed by atoms with Crippen molar-refractivity contribution >= 4 is 11.3 Å². The van der Waals surface area contributed by atoms with Crippen molar-refractivity contribution in [2.75, 3.05) is 0 Å². The highest BCUT2D eigenvalue weighted by atomic mass is 32.1. The quantitative estimate of drug-likeness (QED) is 0.635. The van der Waals surface area contributed by atoms with Crippen LogP contribution in [-0.4, -0.2) is 4.98 Å². The molecule has 84 valence electrons. The molecule has 1 aromatic carbocycles. The first-order chi connectivity index (χ1) is 7.70. The first kappa shape index (κ1) is 11.2. The molecule has 0 radical (unpaired) electrons. The third kappa shape index (κ3) is 2.27. The molecule has 0 aliphatic rings. The van der Waals surface area contributed by atoms with Crippen LogP contribution in [0.1, 0.15) is 22.3 Å². The normalized spacial score (nSPS) is 12.7. The zero-order valence-electron chi connectivity index (χ0n) is 8.77. The summed E-state index contributed by atoms with van der Waals surface area (Å²) in [6, 6.07) is 6.05. The highest BCUT2D eigenvalue weighted by molar-refractivity contribution is 7.09. The number of rotatable bonds is 3. The molecule has 1 heterocycles. The highest BCUT2D eigenvalue weighted by Crippen LogP contribution is 2.22. The van der Waals surface area contributed by atoms with Gasteiger partial charge in [-0.3, -0.25) is 5.84 Å². The van der Waals surface area contributed by atoms with Crippen molar-refractivity contribution < 1.29 is 4.39 Å². The van der Waals surface area contributed by atoms with Gasteiger partial charge in [0.25, 0.3) is 0 Å². The van der Waals surface area contributed by atoms with Gasteiger partial charge in [-0.1, -0.05) is 12.1 Å². The van der Waals surface area contributed by atoms with Gasteiger partial charge in [0.15, 0.2) is 0 Å². The molecule has 0 saturated heterocycles. The van der Waals surface area contributed by atoms with Crippen LogP contribution in [0.25, 0.3) is 0 Å². The van der Waals surface area contributed by atoms with Gasteiger partial charge in [0.05, 0.1) is 16.7 Å². The summed E-state index contributed by atoms with van der Waals surface area (Å²) in [5.74, 6) is 5.25. The lowest BCUT2D eigenvalue weighted by molar-refractivity contribution is 0.609. The number of thiazole rings is 1. The number of hydrazine groups is 1. The summed E-state index contributed by atoms with van der Waals surface area (Å²) < 4.78 is 12.8. The van der Waals surface area contributed by atoms with E-state index < -0.39 is 0 Å². The lowest BCUT2D eigenvalue weighted by Gasteiger charge is -2.13. The van der Waals surface area contributed by atoms with Crippen LogP contribution in [0.5, 0.6) is 0 Å². The number of aryl methyl sites for hydroxylation is 1. The molecule has 5 heteroatoms. The number of hydrogen-bond acceptors (Lipinski definition) is 4. The number of benzene rings is 1. The van der Waals surface area contributed by atoms with E-state index in [1.54, 1.807) is 23.5 Å². The lowest BCUT2D eigenvalue weighted by Crippen LogP contribution is -2.29. The molecular formula is C11H12FN3S. The zero-order valence-corrected chi connectivity index (χ0v) is 9.59. The molecule has 0 fully saturated rings. The Hall–Kier alpha value is -1.30. The van der Waals surface area contributed by atoms with Gasteiger partial charge < -0.3 is 0 Å². The second-order valence-electron chi connectivity index (χ2n) is 3.44.